The lowest BCUT2D eigenvalue weighted by molar-refractivity contribution is -0.136. The monoisotopic (exact) mass is 446 g/mol. The smallest absolute Gasteiger partial charge is 0.307 e. The minimum absolute atomic E-state index is 0.0270. The number of aliphatic carboxylic acids is 1. The Morgan fingerprint density at radius 1 is 0.909 bits per heavy atom. The first-order valence-electron chi connectivity index (χ1n) is 10.9. The van der Waals surface area contributed by atoms with Crippen molar-refractivity contribution in [1.29, 1.82) is 0 Å². The third-order valence-corrected chi connectivity index (χ3v) is 5.14. The standard InChI is InChI=1S/C27H30N2O4/c1-20-24(18-27(30)31)10-7-11-26(20)32-16-17-33-28-25(19-29(2)3)23-14-12-22(13-15-23)21-8-5-4-6-9-21/h4-15H,16-19H2,1-3H3,(H,30,31)/b28-25+. The molecule has 6 heteroatoms. The Morgan fingerprint density at radius 3 is 2.27 bits per heavy atom. The lowest BCUT2D eigenvalue weighted by Crippen LogP contribution is -2.23. The summed E-state index contributed by atoms with van der Waals surface area (Å²) in [5.74, 6) is -0.204. The summed E-state index contributed by atoms with van der Waals surface area (Å²) in [6.07, 6.45) is -0.0270. The summed E-state index contributed by atoms with van der Waals surface area (Å²) in [5, 5.41) is 13.4. The number of hydrogen-bond donors (Lipinski definition) is 1. The van der Waals surface area contributed by atoms with Gasteiger partial charge in [-0.05, 0) is 49.3 Å². The zero-order valence-electron chi connectivity index (χ0n) is 19.3. The van der Waals surface area contributed by atoms with Gasteiger partial charge in [-0.1, -0.05) is 71.9 Å². The van der Waals surface area contributed by atoms with E-state index in [1.165, 1.54) is 5.56 Å². The molecule has 0 aliphatic carbocycles. The van der Waals surface area contributed by atoms with Crippen LogP contribution in [0, 0.1) is 6.92 Å². The van der Waals surface area contributed by atoms with Crippen molar-refractivity contribution in [2.24, 2.45) is 5.16 Å². The first-order chi connectivity index (χ1) is 15.9. The Labute approximate surface area is 195 Å². The molecule has 172 valence electrons. The molecular weight excluding hydrogens is 416 g/mol. The lowest BCUT2D eigenvalue weighted by Gasteiger charge is -2.14. The topological polar surface area (TPSA) is 71.4 Å². The minimum atomic E-state index is -0.863. The van der Waals surface area contributed by atoms with Crippen LogP contribution in [0.2, 0.25) is 0 Å². The number of carbonyl (C=O) groups is 1. The van der Waals surface area contributed by atoms with E-state index in [9.17, 15) is 4.79 Å². The van der Waals surface area contributed by atoms with Gasteiger partial charge in [0.2, 0.25) is 0 Å². The van der Waals surface area contributed by atoms with Crippen LogP contribution in [0.15, 0.2) is 78.0 Å². The summed E-state index contributed by atoms with van der Waals surface area (Å²) in [7, 11) is 3.98. The average molecular weight is 447 g/mol. The highest BCUT2D eigenvalue weighted by Gasteiger charge is 2.09. The van der Waals surface area contributed by atoms with Crippen LogP contribution in [0.3, 0.4) is 0 Å². The number of nitrogens with zero attached hydrogens (tertiary/aromatic N) is 2. The zero-order chi connectivity index (χ0) is 23.6. The van der Waals surface area contributed by atoms with Gasteiger partial charge in [-0.15, -0.1) is 0 Å². The summed E-state index contributed by atoms with van der Waals surface area (Å²) in [6, 6.07) is 24.0. The van der Waals surface area contributed by atoms with Crippen molar-refractivity contribution in [3.05, 3.63) is 89.5 Å². The molecule has 0 amide bonds. The van der Waals surface area contributed by atoms with E-state index in [1.807, 2.05) is 50.2 Å². The Hall–Kier alpha value is -3.64. The molecule has 0 saturated heterocycles. The molecule has 0 aliphatic heterocycles. The normalized spacial score (nSPS) is 11.5. The molecule has 3 aromatic carbocycles. The van der Waals surface area contributed by atoms with Crippen LogP contribution >= 0.6 is 0 Å². The number of benzene rings is 3. The highest BCUT2D eigenvalue weighted by Crippen LogP contribution is 2.22. The number of ether oxygens (including phenoxy) is 1. The molecule has 0 aromatic heterocycles. The van der Waals surface area contributed by atoms with Crippen LogP contribution < -0.4 is 4.74 Å². The molecule has 0 bridgehead atoms. The van der Waals surface area contributed by atoms with Crippen molar-refractivity contribution >= 4 is 11.7 Å². The van der Waals surface area contributed by atoms with Gasteiger partial charge < -0.3 is 19.6 Å². The van der Waals surface area contributed by atoms with Crippen molar-refractivity contribution < 1.29 is 19.5 Å². The summed E-state index contributed by atoms with van der Waals surface area (Å²) in [5.41, 5.74) is 5.73. The molecule has 0 aliphatic rings. The summed E-state index contributed by atoms with van der Waals surface area (Å²) < 4.78 is 5.79. The molecule has 6 nitrogen and oxygen atoms in total. The van der Waals surface area contributed by atoms with Gasteiger partial charge in [0, 0.05) is 12.1 Å². The maximum Gasteiger partial charge on any atom is 0.307 e. The zero-order valence-corrected chi connectivity index (χ0v) is 19.3. The van der Waals surface area contributed by atoms with E-state index in [0.29, 0.717) is 18.9 Å². The van der Waals surface area contributed by atoms with Crippen molar-refractivity contribution in [2.45, 2.75) is 13.3 Å². The number of carboxylic acids is 1. The maximum atomic E-state index is 11.0. The van der Waals surface area contributed by atoms with E-state index in [2.05, 4.69) is 41.6 Å². The Balaban J connectivity index is 1.61. The Bertz CT molecular complexity index is 1080. The fourth-order valence-electron chi connectivity index (χ4n) is 3.44. The lowest BCUT2D eigenvalue weighted by atomic mass is 10.0. The average Bonchev–Trinajstić information content (AvgIpc) is 2.80. The maximum absolute atomic E-state index is 11.0. The van der Waals surface area contributed by atoms with Gasteiger partial charge in [0.05, 0.1) is 6.42 Å². The molecule has 0 unspecified atom stereocenters. The second-order valence-corrected chi connectivity index (χ2v) is 8.01. The molecule has 0 heterocycles. The molecule has 1 N–H and O–H groups in total. The minimum Gasteiger partial charge on any atom is -0.490 e. The summed E-state index contributed by atoms with van der Waals surface area (Å²) in [6.45, 7) is 3.09. The van der Waals surface area contributed by atoms with Crippen molar-refractivity contribution in [2.75, 3.05) is 33.9 Å². The molecule has 0 fully saturated rings. The van der Waals surface area contributed by atoms with E-state index < -0.39 is 5.97 Å². The predicted octanol–water partition coefficient (Wildman–Crippen LogP) is 4.65. The van der Waals surface area contributed by atoms with E-state index in [4.69, 9.17) is 14.7 Å². The number of carboxylic acid groups (broad SMARTS) is 1. The number of rotatable bonds is 11. The van der Waals surface area contributed by atoms with Gasteiger partial charge in [-0.25, -0.2) is 0 Å². The highest BCUT2D eigenvalue weighted by atomic mass is 16.6. The molecule has 0 radical (unpaired) electrons. The second-order valence-electron chi connectivity index (χ2n) is 8.01. The highest BCUT2D eigenvalue weighted by molar-refractivity contribution is 6.02. The van der Waals surface area contributed by atoms with Gasteiger partial charge in [0.25, 0.3) is 0 Å². The van der Waals surface area contributed by atoms with E-state index in [0.717, 1.165) is 28.0 Å². The van der Waals surface area contributed by atoms with E-state index >= 15 is 0 Å². The summed E-state index contributed by atoms with van der Waals surface area (Å²) >= 11 is 0. The second kappa shape index (κ2) is 11.8. The Kier molecular flexibility index (Phi) is 8.61. The molecule has 0 spiro atoms. The van der Waals surface area contributed by atoms with Gasteiger partial charge in [-0.3, -0.25) is 4.79 Å². The molecular formula is C27H30N2O4. The fourth-order valence-corrected chi connectivity index (χ4v) is 3.44. The molecule has 3 aromatic rings. The number of oxime groups is 1. The molecule has 0 saturated carbocycles. The number of hydrogen-bond acceptors (Lipinski definition) is 5. The van der Waals surface area contributed by atoms with Crippen LogP contribution in [-0.2, 0) is 16.1 Å². The van der Waals surface area contributed by atoms with Gasteiger partial charge in [-0.2, -0.15) is 0 Å². The van der Waals surface area contributed by atoms with Crippen molar-refractivity contribution in [1.82, 2.24) is 4.90 Å². The van der Waals surface area contributed by atoms with Gasteiger partial charge in [0.15, 0.2) is 6.61 Å². The molecule has 0 atom stereocenters. The third-order valence-electron chi connectivity index (χ3n) is 5.14. The Morgan fingerprint density at radius 2 is 1.61 bits per heavy atom. The largest absolute Gasteiger partial charge is 0.490 e. The first kappa shape index (κ1) is 24.0. The summed E-state index contributed by atoms with van der Waals surface area (Å²) in [4.78, 5) is 18.6. The van der Waals surface area contributed by atoms with Crippen LogP contribution in [0.4, 0.5) is 0 Å². The van der Waals surface area contributed by atoms with Gasteiger partial charge >= 0.3 is 5.97 Å². The molecule has 33 heavy (non-hydrogen) atoms. The predicted molar refractivity (Wildman–Crippen MR) is 131 cm³/mol. The van der Waals surface area contributed by atoms with Crippen LogP contribution in [0.5, 0.6) is 5.75 Å². The van der Waals surface area contributed by atoms with Crippen molar-refractivity contribution in [3.63, 3.8) is 0 Å². The van der Waals surface area contributed by atoms with Crippen LogP contribution in [0.1, 0.15) is 16.7 Å². The third kappa shape index (κ3) is 7.19. The first-order valence-corrected chi connectivity index (χ1v) is 10.9. The fraction of sp³-hybridized carbons (Fsp3) is 0.259. The number of likely N-dealkylation sites (N-methyl/N-ethyl adjacent to an activating group) is 1. The van der Waals surface area contributed by atoms with E-state index in [1.54, 1.807) is 12.1 Å². The van der Waals surface area contributed by atoms with Gasteiger partial charge in [0.1, 0.15) is 18.1 Å². The van der Waals surface area contributed by atoms with Crippen LogP contribution in [0.25, 0.3) is 11.1 Å². The molecule has 3 rings (SSSR count). The van der Waals surface area contributed by atoms with Crippen molar-refractivity contribution in [3.8, 4) is 16.9 Å². The van der Waals surface area contributed by atoms with Crippen LogP contribution in [-0.4, -0.2) is 55.5 Å². The quantitative estimate of drug-likeness (QED) is 0.264. The van der Waals surface area contributed by atoms with E-state index in [-0.39, 0.29) is 13.0 Å². The SMILES string of the molecule is Cc1c(CC(=O)O)cccc1OCCO/N=C(\CN(C)C)c1ccc(-c2ccccc2)cc1.